The van der Waals surface area contributed by atoms with Crippen molar-refractivity contribution in [1.29, 1.82) is 5.41 Å². The number of guanidine groups is 1. The van der Waals surface area contributed by atoms with Crippen LogP contribution in [-0.2, 0) is 30.5 Å². The van der Waals surface area contributed by atoms with Crippen LogP contribution in [0.3, 0.4) is 0 Å². The summed E-state index contributed by atoms with van der Waals surface area (Å²) in [4.78, 5) is 49.0. The second kappa shape index (κ2) is 12.5. The number of carbonyl (C=O) groups excluding carboxylic acids is 3. The summed E-state index contributed by atoms with van der Waals surface area (Å²) in [6.07, 6.45) is -0.704. The monoisotopic (exact) mass is 479 g/mol. The molecule has 13 nitrogen and oxygen atoms in total. The van der Waals surface area contributed by atoms with Crippen molar-refractivity contribution in [1.82, 2.24) is 10.2 Å². The van der Waals surface area contributed by atoms with Gasteiger partial charge in [0, 0.05) is 13.1 Å². The molecule has 0 aliphatic carbocycles. The van der Waals surface area contributed by atoms with Gasteiger partial charge < -0.3 is 36.1 Å². The maximum atomic E-state index is 12.8. The number of amides is 1. The van der Waals surface area contributed by atoms with E-state index in [0.29, 0.717) is 11.5 Å². The van der Waals surface area contributed by atoms with Gasteiger partial charge in [0.15, 0.2) is 23.2 Å². The molecule has 1 aromatic carbocycles. The number of nitrogens with zero attached hydrogens (tertiary/aromatic N) is 1. The van der Waals surface area contributed by atoms with E-state index in [2.05, 4.69) is 10.1 Å². The van der Waals surface area contributed by atoms with Crippen molar-refractivity contribution in [2.75, 3.05) is 20.4 Å². The molecular weight excluding hydrogens is 450 g/mol. The first-order chi connectivity index (χ1) is 16.1. The lowest BCUT2D eigenvalue weighted by molar-refractivity contribution is -0.144. The number of hydrogen-bond donors (Lipinski definition) is 5. The Morgan fingerprint density at radius 2 is 1.97 bits per heavy atom. The number of carboxylic acids is 1. The molecule has 13 heteroatoms. The topological polar surface area (TPSA) is 207 Å². The van der Waals surface area contributed by atoms with Gasteiger partial charge in [-0.05, 0) is 30.5 Å². The third-order valence-corrected chi connectivity index (χ3v) is 5.11. The van der Waals surface area contributed by atoms with Crippen LogP contribution in [0.1, 0.15) is 31.2 Å². The average molecular weight is 479 g/mol. The van der Waals surface area contributed by atoms with Gasteiger partial charge in [0.05, 0.1) is 26.0 Å². The van der Waals surface area contributed by atoms with E-state index in [1.807, 2.05) is 0 Å². The van der Waals surface area contributed by atoms with Crippen molar-refractivity contribution in [2.45, 2.75) is 44.3 Å². The van der Waals surface area contributed by atoms with Crippen LogP contribution >= 0.6 is 0 Å². The van der Waals surface area contributed by atoms with E-state index < -0.39 is 48.1 Å². The maximum absolute atomic E-state index is 12.8. The lowest BCUT2D eigenvalue weighted by atomic mass is 10.0. The molecular formula is C21H29N5O8. The molecule has 2 rings (SSSR count). The molecule has 34 heavy (non-hydrogen) atoms. The molecule has 1 aromatic rings. The molecule has 0 saturated heterocycles. The fourth-order valence-corrected chi connectivity index (χ4v) is 3.18. The van der Waals surface area contributed by atoms with Crippen molar-refractivity contribution in [3.8, 4) is 11.5 Å². The third kappa shape index (κ3) is 7.71. The molecule has 0 fully saturated rings. The lowest BCUT2D eigenvalue weighted by Crippen LogP contribution is -2.46. The van der Waals surface area contributed by atoms with Gasteiger partial charge in [0.25, 0.3) is 0 Å². The summed E-state index contributed by atoms with van der Waals surface area (Å²) in [7, 11) is 1.19. The van der Waals surface area contributed by atoms with Gasteiger partial charge in [0.1, 0.15) is 6.04 Å². The van der Waals surface area contributed by atoms with Crippen LogP contribution in [0.5, 0.6) is 11.5 Å². The van der Waals surface area contributed by atoms with Crippen LogP contribution in [0.15, 0.2) is 18.2 Å². The molecule has 1 amide bonds. The van der Waals surface area contributed by atoms with Crippen molar-refractivity contribution in [3.05, 3.63) is 23.8 Å². The number of rotatable bonds is 13. The summed E-state index contributed by atoms with van der Waals surface area (Å²) >= 11 is 0. The highest BCUT2D eigenvalue weighted by molar-refractivity contribution is 6.06. The largest absolute Gasteiger partial charge is 0.480 e. The number of nitrogens with one attached hydrogen (secondary N) is 2. The molecule has 2 atom stereocenters. The van der Waals surface area contributed by atoms with Gasteiger partial charge >= 0.3 is 11.9 Å². The quantitative estimate of drug-likeness (QED) is 0.103. The van der Waals surface area contributed by atoms with E-state index in [0.717, 1.165) is 10.5 Å². The minimum Gasteiger partial charge on any atom is -0.480 e. The van der Waals surface area contributed by atoms with E-state index in [1.54, 1.807) is 18.2 Å². The van der Waals surface area contributed by atoms with Crippen LogP contribution in [0.4, 0.5) is 0 Å². The first-order valence-electron chi connectivity index (χ1n) is 10.5. The number of esters is 1. The highest BCUT2D eigenvalue weighted by Crippen LogP contribution is 2.32. The molecule has 0 spiro atoms. The number of ketones is 1. The Morgan fingerprint density at radius 1 is 1.26 bits per heavy atom. The Labute approximate surface area is 195 Å². The van der Waals surface area contributed by atoms with E-state index >= 15 is 0 Å². The fraction of sp³-hybridized carbons (Fsp3) is 0.476. The van der Waals surface area contributed by atoms with Gasteiger partial charge in [0.2, 0.25) is 12.7 Å². The number of fused-ring (bicyclic) bond motifs is 1. The molecule has 0 saturated carbocycles. The molecule has 0 bridgehead atoms. The van der Waals surface area contributed by atoms with Crippen LogP contribution in [0, 0.1) is 5.41 Å². The van der Waals surface area contributed by atoms with E-state index in [-0.39, 0.29) is 39.1 Å². The summed E-state index contributed by atoms with van der Waals surface area (Å²) in [5.74, 6) is -2.59. The zero-order valence-corrected chi connectivity index (χ0v) is 18.7. The second-order valence-electron chi connectivity index (χ2n) is 7.56. The highest BCUT2D eigenvalue weighted by Gasteiger charge is 2.27. The SMILES string of the molecule is COC(=O)CC(NCc1ccc2c(c1)OCO2)C(=O)CC(=O)N(CCCC(N)C(=O)O)C(=N)N. The summed E-state index contributed by atoms with van der Waals surface area (Å²) in [6.45, 7) is 0.239. The molecule has 1 aliphatic rings. The number of carboxylic acid groups (broad SMARTS) is 1. The van der Waals surface area contributed by atoms with Crippen molar-refractivity contribution < 1.29 is 38.5 Å². The Morgan fingerprint density at radius 3 is 2.62 bits per heavy atom. The Balaban J connectivity index is 2.00. The molecule has 7 N–H and O–H groups in total. The van der Waals surface area contributed by atoms with Gasteiger partial charge in [-0.25, -0.2) is 0 Å². The molecule has 0 radical (unpaired) electrons. The minimum absolute atomic E-state index is 0.0579. The van der Waals surface area contributed by atoms with Crippen molar-refractivity contribution >= 4 is 29.6 Å². The molecule has 186 valence electrons. The fourth-order valence-electron chi connectivity index (χ4n) is 3.18. The standard InChI is InChI=1S/C21H29N5O8/c1-32-19(29)8-14(25-10-12-4-5-16-17(7-12)34-11-33-16)15(27)9-18(28)26(21(23)24)6-2-3-13(22)20(30)31/h4-5,7,13-14,25H,2-3,6,8-11,22H2,1H3,(H3,23,24)(H,30,31). The molecule has 2 unspecified atom stereocenters. The second-order valence-corrected chi connectivity index (χ2v) is 7.56. The number of ether oxygens (including phenoxy) is 3. The minimum atomic E-state index is -1.19. The predicted octanol–water partition coefficient (Wildman–Crippen LogP) is -0.690. The summed E-state index contributed by atoms with van der Waals surface area (Å²) in [6, 6.07) is 3.08. The number of methoxy groups -OCH3 is 1. The first-order valence-corrected chi connectivity index (χ1v) is 10.5. The lowest BCUT2D eigenvalue weighted by Gasteiger charge is -2.22. The van der Waals surface area contributed by atoms with Gasteiger partial charge in [-0.3, -0.25) is 29.5 Å². The Hall–Kier alpha value is -3.71. The number of benzene rings is 1. The van der Waals surface area contributed by atoms with E-state index in [9.17, 15) is 19.2 Å². The number of carbonyl (C=O) groups is 4. The van der Waals surface area contributed by atoms with Crippen molar-refractivity contribution in [2.24, 2.45) is 11.5 Å². The summed E-state index contributed by atoms with van der Waals surface area (Å²) in [5, 5.41) is 19.4. The molecule has 1 aliphatic heterocycles. The number of nitrogens with two attached hydrogens (primary N) is 2. The Bertz CT molecular complexity index is 938. The smallest absolute Gasteiger partial charge is 0.320 e. The van der Waals surface area contributed by atoms with Crippen molar-refractivity contribution in [3.63, 3.8) is 0 Å². The van der Waals surface area contributed by atoms with Crippen LogP contribution in [0.2, 0.25) is 0 Å². The summed E-state index contributed by atoms with van der Waals surface area (Å²) < 4.78 is 15.2. The predicted molar refractivity (Wildman–Crippen MR) is 118 cm³/mol. The number of Topliss-reactive ketones (excluding diaryl/α,β-unsaturated/α-hetero) is 1. The van der Waals surface area contributed by atoms with Crippen LogP contribution in [0.25, 0.3) is 0 Å². The number of aliphatic carboxylic acids is 1. The summed E-state index contributed by atoms with van der Waals surface area (Å²) in [5.41, 5.74) is 11.7. The van der Waals surface area contributed by atoms with E-state index in [4.69, 9.17) is 31.5 Å². The number of hydrogen-bond acceptors (Lipinski definition) is 10. The zero-order valence-electron chi connectivity index (χ0n) is 18.7. The molecule has 0 aromatic heterocycles. The maximum Gasteiger partial charge on any atom is 0.320 e. The zero-order chi connectivity index (χ0) is 25.3. The highest BCUT2D eigenvalue weighted by atomic mass is 16.7. The molecule has 1 heterocycles. The van der Waals surface area contributed by atoms with Crippen LogP contribution in [-0.4, -0.2) is 72.1 Å². The van der Waals surface area contributed by atoms with E-state index in [1.165, 1.54) is 7.11 Å². The normalized spacial score (nSPS) is 13.6. The van der Waals surface area contributed by atoms with Crippen LogP contribution < -0.4 is 26.3 Å². The first kappa shape index (κ1) is 26.5. The Kier molecular flexibility index (Phi) is 9.76. The van der Waals surface area contributed by atoms with Gasteiger partial charge in [-0.1, -0.05) is 6.07 Å². The average Bonchev–Trinajstić information content (AvgIpc) is 3.26. The van der Waals surface area contributed by atoms with Gasteiger partial charge in [-0.2, -0.15) is 0 Å². The van der Waals surface area contributed by atoms with Gasteiger partial charge in [-0.15, -0.1) is 0 Å². The third-order valence-electron chi connectivity index (χ3n) is 5.11.